The molecule has 0 aromatic carbocycles. The largest absolute Gasteiger partial charge is 0.497 e. The van der Waals surface area contributed by atoms with Gasteiger partial charge < -0.3 is 10.1 Å². The van der Waals surface area contributed by atoms with Gasteiger partial charge in [-0.1, -0.05) is 19.8 Å². The van der Waals surface area contributed by atoms with Crippen LogP contribution in [0.25, 0.3) is 0 Å². The molecule has 2 saturated carbocycles. The molecule has 2 fully saturated rings. The zero-order chi connectivity index (χ0) is 12.4. The smallest absolute Gasteiger partial charge is 0.109 e. The Kier molecular flexibility index (Phi) is 3.93. The minimum absolute atomic E-state index is 0.526. The summed E-state index contributed by atoms with van der Waals surface area (Å²) in [5, 5.41) is 3.76. The van der Waals surface area contributed by atoms with Crippen LogP contribution in [0.5, 0.6) is 0 Å². The molecule has 3 atom stereocenters. The van der Waals surface area contributed by atoms with Crippen LogP contribution < -0.4 is 5.32 Å². The third kappa shape index (κ3) is 2.45. The predicted octanol–water partition coefficient (Wildman–Crippen LogP) is 3.49. The predicted molar refractivity (Wildman–Crippen MR) is 74.3 cm³/mol. The molecule has 2 aliphatic carbocycles. The Morgan fingerprint density at radius 3 is 2.67 bits per heavy atom. The summed E-state index contributed by atoms with van der Waals surface area (Å²) in [5.74, 6) is 4.15. The van der Waals surface area contributed by atoms with E-state index in [2.05, 4.69) is 18.3 Å². The number of nitrogens with one attached hydrogen (secondary N) is 1. The van der Waals surface area contributed by atoms with E-state index in [9.17, 15) is 0 Å². The first-order valence-corrected chi connectivity index (χ1v) is 7.98. The van der Waals surface area contributed by atoms with E-state index in [0.29, 0.717) is 6.04 Å². The third-order valence-electron chi connectivity index (χ3n) is 4.99. The standard InChI is InChI=1S/C16H27NO/c1-2-10-17-16(14-9-5-6-11-18-14)15-12-7-3-4-8-13(12)15/h9,12-13,15-17H,2-8,10-11H2,1H3. The van der Waals surface area contributed by atoms with Crippen LogP contribution in [0.2, 0.25) is 0 Å². The molecule has 0 bridgehead atoms. The van der Waals surface area contributed by atoms with E-state index >= 15 is 0 Å². The Hall–Kier alpha value is -0.500. The summed E-state index contributed by atoms with van der Waals surface area (Å²) in [5.41, 5.74) is 0. The van der Waals surface area contributed by atoms with Gasteiger partial charge in [-0.3, -0.25) is 0 Å². The van der Waals surface area contributed by atoms with Gasteiger partial charge in [-0.2, -0.15) is 0 Å². The van der Waals surface area contributed by atoms with Crippen molar-refractivity contribution in [3.05, 3.63) is 11.8 Å². The van der Waals surface area contributed by atoms with Crippen molar-refractivity contribution >= 4 is 0 Å². The lowest BCUT2D eigenvalue weighted by molar-refractivity contribution is 0.159. The van der Waals surface area contributed by atoms with Crippen molar-refractivity contribution in [2.45, 2.75) is 57.9 Å². The van der Waals surface area contributed by atoms with Gasteiger partial charge in [0.15, 0.2) is 0 Å². The van der Waals surface area contributed by atoms with E-state index in [1.165, 1.54) is 50.7 Å². The second kappa shape index (κ2) is 5.64. The lowest BCUT2D eigenvalue weighted by Gasteiger charge is -2.25. The fourth-order valence-electron chi connectivity index (χ4n) is 4.06. The second-order valence-electron chi connectivity index (χ2n) is 6.22. The van der Waals surface area contributed by atoms with Gasteiger partial charge in [0.2, 0.25) is 0 Å². The molecule has 0 aromatic rings. The molecule has 1 aliphatic heterocycles. The summed E-state index contributed by atoms with van der Waals surface area (Å²) in [6, 6.07) is 0.526. The van der Waals surface area contributed by atoms with Gasteiger partial charge in [0.25, 0.3) is 0 Å². The highest BCUT2D eigenvalue weighted by Gasteiger charge is 2.55. The van der Waals surface area contributed by atoms with Crippen LogP contribution in [0.1, 0.15) is 51.9 Å². The highest BCUT2D eigenvalue weighted by Crippen LogP contribution is 2.58. The van der Waals surface area contributed by atoms with E-state index in [-0.39, 0.29) is 0 Å². The fourth-order valence-corrected chi connectivity index (χ4v) is 4.06. The molecule has 102 valence electrons. The van der Waals surface area contributed by atoms with Gasteiger partial charge in [-0.25, -0.2) is 0 Å². The van der Waals surface area contributed by atoms with Crippen LogP contribution in [0.15, 0.2) is 11.8 Å². The molecule has 3 unspecified atom stereocenters. The van der Waals surface area contributed by atoms with Crippen molar-refractivity contribution in [3.63, 3.8) is 0 Å². The van der Waals surface area contributed by atoms with Crippen molar-refractivity contribution in [1.29, 1.82) is 0 Å². The average Bonchev–Trinajstić information content (AvgIpc) is 3.15. The number of allylic oxidation sites excluding steroid dienone is 1. The van der Waals surface area contributed by atoms with Gasteiger partial charge in [0, 0.05) is 0 Å². The van der Waals surface area contributed by atoms with Gasteiger partial charge in [-0.05, 0) is 62.5 Å². The zero-order valence-electron chi connectivity index (χ0n) is 11.7. The zero-order valence-corrected chi connectivity index (χ0v) is 11.7. The first-order valence-electron chi connectivity index (χ1n) is 7.98. The lowest BCUT2D eigenvalue weighted by Crippen LogP contribution is -2.36. The molecule has 3 rings (SSSR count). The van der Waals surface area contributed by atoms with Gasteiger partial charge in [-0.15, -0.1) is 0 Å². The molecule has 1 heterocycles. The molecular weight excluding hydrogens is 222 g/mol. The molecule has 2 heteroatoms. The van der Waals surface area contributed by atoms with Gasteiger partial charge in [0.1, 0.15) is 5.76 Å². The number of ether oxygens (including phenoxy) is 1. The van der Waals surface area contributed by atoms with E-state index in [1.54, 1.807) is 0 Å². The molecule has 18 heavy (non-hydrogen) atoms. The summed E-state index contributed by atoms with van der Waals surface area (Å²) in [4.78, 5) is 0. The molecular formula is C16H27NO. The number of hydrogen-bond acceptors (Lipinski definition) is 2. The summed E-state index contributed by atoms with van der Waals surface area (Å²) in [6.45, 7) is 4.31. The van der Waals surface area contributed by atoms with Crippen molar-refractivity contribution in [2.75, 3.05) is 13.2 Å². The van der Waals surface area contributed by atoms with E-state index in [1.807, 2.05) is 0 Å². The summed E-state index contributed by atoms with van der Waals surface area (Å²) in [6.07, 6.45) is 11.8. The molecule has 3 aliphatic rings. The van der Waals surface area contributed by atoms with Crippen LogP contribution in [0.3, 0.4) is 0 Å². The van der Waals surface area contributed by atoms with Crippen LogP contribution in [0.4, 0.5) is 0 Å². The maximum absolute atomic E-state index is 5.94. The minimum atomic E-state index is 0.526. The van der Waals surface area contributed by atoms with Crippen LogP contribution in [0, 0.1) is 17.8 Å². The first-order chi connectivity index (χ1) is 8.92. The maximum Gasteiger partial charge on any atom is 0.109 e. The fraction of sp³-hybridized carbons (Fsp3) is 0.875. The Morgan fingerprint density at radius 2 is 2.06 bits per heavy atom. The molecule has 1 N–H and O–H groups in total. The maximum atomic E-state index is 5.94. The number of fused-ring (bicyclic) bond motifs is 1. The van der Waals surface area contributed by atoms with Gasteiger partial charge >= 0.3 is 0 Å². The second-order valence-corrected chi connectivity index (χ2v) is 6.22. The highest BCUT2D eigenvalue weighted by atomic mass is 16.5. The molecule has 0 aromatic heterocycles. The molecule has 0 radical (unpaired) electrons. The van der Waals surface area contributed by atoms with Crippen molar-refractivity contribution in [3.8, 4) is 0 Å². The summed E-state index contributed by atoms with van der Waals surface area (Å²) < 4.78 is 5.94. The van der Waals surface area contributed by atoms with Gasteiger partial charge in [0.05, 0.1) is 12.6 Å². The van der Waals surface area contributed by atoms with Crippen LogP contribution in [-0.2, 0) is 4.74 Å². The highest BCUT2D eigenvalue weighted by molar-refractivity contribution is 5.16. The normalized spacial score (nSPS) is 36.3. The Morgan fingerprint density at radius 1 is 1.28 bits per heavy atom. The molecule has 2 nitrogen and oxygen atoms in total. The van der Waals surface area contributed by atoms with E-state index in [4.69, 9.17) is 4.74 Å². The quantitative estimate of drug-likeness (QED) is 0.805. The number of rotatable bonds is 5. The SMILES string of the molecule is CCCNC(C1=CCCCO1)C1C2CCCCC21. The summed E-state index contributed by atoms with van der Waals surface area (Å²) >= 11 is 0. The lowest BCUT2D eigenvalue weighted by atomic mass is 10.0. The van der Waals surface area contributed by atoms with Crippen molar-refractivity contribution in [2.24, 2.45) is 17.8 Å². The summed E-state index contributed by atoms with van der Waals surface area (Å²) in [7, 11) is 0. The monoisotopic (exact) mass is 249 g/mol. The Balaban J connectivity index is 1.67. The van der Waals surface area contributed by atoms with Crippen LogP contribution >= 0.6 is 0 Å². The molecule has 0 saturated heterocycles. The average molecular weight is 249 g/mol. The van der Waals surface area contributed by atoms with Crippen molar-refractivity contribution in [1.82, 2.24) is 5.32 Å². The Bertz CT molecular complexity index is 300. The molecule has 0 amide bonds. The first kappa shape index (κ1) is 12.5. The van der Waals surface area contributed by atoms with Crippen LogP contribution in [-0.4, -0.2) is 19.2 Å². The molecule has 0 spiro atoms. The number of hydrogen-bond donors (Lipinski definition) is 1. The topological polar surface area (TPSA) is 21.3 Å². The van der Waals surface area contributed by atoms with E-state index in [0.717, 1.165) is 30.9 Å². The van der Waals surface area contributed by atoms with Crippen molar-refractivity contribution < 1.29 is 4.74 Å². The Labute approximate surface area is 111 Å². The minimum Gasteiger partial charge on any atom is -0.497 e. The van der Waals surface area contributed by atoms with E-state index < -0.39 is 0 Å². The third-order valence-corrected chi connectivity index (χ3v) is 4.99.